The molecule has 2 aromatic rings. The van der Waals surface area contributed by atoms with Gasteiger partial charge in [0.15, 0.2) is 0 Å². The average Bonchev–Trinajstić information content (AvgIpc) is 2.38. The number of rotatable bonds is 3. The maximum Gasteiger partial charge on any atom is 0.305 e. The van der Waals surface area contributed by atoms with Crippen LogP contribution in [-0.2, 0) is 0 Å². The molecule has 6 heteroatoms. The summed E-state index contributed by atoms with van der Waals surface area (Å²) >= 11 is 0. The topological polar surface area (TPSA) is 76.2 Å². The Morgan fingerprint density at radius 3 is 2.45 bits per heavy atom. The Bertz CT molecular complexity index is 723. The third-order valence-electron chi connectivity index (χ3n) is 2.67. The molecule has 0 spiro atoms. The fourth-order valence-electron chi connectivity index (χ4n) is 1.66. The summed E-state index contributed by atoms with van der Waals surface area (Å²) in [6, 6.07) is 10.1. The lowest BCUT2D eigenvalue weighted by atomic mass is 10.1. The molecule has 0 aliphatic rings. The maximum absolute atomic E-state index is 13.4. The molecule has 5 nitrogen and oxygen atoms in total. The second-order valence-electron chi connectivity index (χ2n) is 4.06. The molecule has 0 heterocycles. The van der Waals surface area contributed by atoms with Gasteiger partial charge in [-0.3, -0.25) is 10.1 Å². The number of halogens is 1. The largest absolute Gasteiger partial charge is 0.457 e. The second-order valence-corrected chi connectivity index (χ2v) is 4.06. The smallest absolute Gasteiger partial charge is 0.305 e. The van der Waals surface area contributed by atoms with Crippen molar-refractivity contribution in [3.8, 4) is 17.6 Å². The van der Waals surface area contributed by atoms with Crippen LogP contribution in [0.2, 0.25) is 0 Å². The zero-order valence-corrected chi connectivity index (χ0v) is 10.5. The summed E-state index contributed by atoms with van der Waals surface area (Å²) in [5, 5.41) is 19.3. The molecule has 0 aliphatic carbocycles. The molecule has 0 bridgehead atoms. The molecule has 0 aliphatic heterocycles. The highest BCUT2D eigenvalue weighted by molar-refractivity contribution is 5.44. The van der Waals surface area contributed by atoms with Gasteiger partial charge in [0, 0.05) is 12.1 Å². The lowest BCUT2D eigenvalue weighted by Gasteiger charge is -2.07. The molecule has 20 heavy (non-hydrogen) atoms. The van der Waals surface area contributed by atoms with E-state index >= 15 is 0 Å². The maximum atomic E-state index is 13.4. The average molecular weight is 272 g/mol. The molecule has 0 saturated heterocycles. The number of ether oxygens (including phenoxy) is 1. The molecule has 0 amide bonds. The predicted octanol–water partition coefficient (Wildman–Crippen LogP) is 3.71. The summed E-state index contributed by atoms with van der Waals surface area (Å²) < 4.78 is 18.8. The van der Waals surface area contributed by atoms with Crippen LogP contribution in [0.3, 0.4) is 0 Å². The van der Waals surface area contributed by atoms with Crippen molar-refractivity contribution in [2.75, 3.05) is 0 Å². The van der Waals surface area contributed by atoms with Gasteiger partial charge >= 0.3 is 5.69 Å². The van der Waals surface area contributed by atoms with Crippen molar-refractivity contribution < 1.29 is 14.1 Å². The van der Waals surface area contributed by atoms with E-state index in [2.05, 4.69) is 0 Å². The van der Waals surface area contributed by atoms with Crippen molar-refractivity contribution in [3.05, 3.63) is 63.5 Å². The van der Waals surface area contributed by atoms with Gasteiger partial charge in [0.1, 0.15) is 11.5 Å². The Labute approximate surface area is 114 Å². The van der Waals surface area contributed by atoms with Crippen LogP contribution in [0.25, 0.3) is 0 Å². The molecule has 0 unspecified atom stereocenters. The fourth-order valence-corrected chi connectivity index (χ4v) is 1.66. The number of benzene rings is 2. The number of aryl methyl sites for hydroxylation is 1. The zero-order valence-electron chi connectivity index (χ0n) is 10.5. The third-order valence-corrected chi connectivity index (χ3v) is 2.67. The number of nitro groups is 1. The summed E-state index contributed by atoms with van der Waals surface area (Å²) in [5.41, 5.74) is 0.646. The minimum atomic E-state index is -0.960. The van der Waals surface area contributed by atoms with Gasteiger partial charge in [-0.05, 0) is 36.8 Å². The first-order valence-electron chi connectivity index (χ1n) is 5.64. The molecule has 0 aromatic heterocycles. The lowest BCUT2D eigenvalue weighted by Crippen LogP contribution is -1.93. The molecule has 0 N–H and O–H groups in total. The first-order chi connectivity index (χ1) is 9.51. The molecule has 0 atom stereocenters. The summed E-state index contributed by atoms with van der Waals surface area (Å²) in [6.45, 7) is 1.75. The standard InChI is InChI=1S/C14H9FN2O3/c1-9-6-11(3-2-10(9)8-16)20-12-4-5-14(17(18)19)13(15)7-12/h2-7H,1H3. The van der Waals surface area contributed by atoms with E-state index in [1.807, 2.05) is 6.07 Å². The highest BCUT2D eigenvalue weighted by Gasteiger charge is 2.14. The fraction of sp³-hybridized carbons (Fsp3) is 0.0714. The SMILES string of the molecule is Cc1cc(Oc2ccc([N+](=O)[O-])c(F)c2)ccc1C#N. The number of nitrogens with zero attached hydrogens (tertiary/aromatic N) is 2. The Kier molecular flexibility index (Phi) is 3.62. The Morgan fingerprint density at radius 2 is 1.90 bits per heavy atom. The normalized spacial score (nSPS) is 9.85. The molecule has 0 fully saturated rings. The number of nitriles is 1. The molecular formula is C14H9FN2O3. The van der Waals surface area contributed by atoms with Gasteiger partial charge in [0.05, 0.1) is 16.6 Å². The first-order valence-corrected chi connectivity index (χ1v) is 5.64. The van der Waals surface area contributed by atoms with Crippen molar-refractivity contribution in [1.29, 1.82) is 5.26 Å². The van der Waals surface area contributed by atoms with Crippen LogP contribution in [0.1, 0.15) is 11.1 Å². The van der Waals surface area contributed by atoms with Crippen LogP contribution >= 0.6 is 0 Å². The van der Waals surface area contributed by atoms with Crippen molar-refractivity contribution in [2.45, 2.75) is 6.92 Å². The van der Waals surface area contributed by atoms with E-state index in [1.165, 1.54) is 6.07 Å². The van der Waals surface area contributed by atoms with Gasteiger partial charge in [-0.15, -0.1) is 0 Å². The van der Waals surface area contributed by atoms with Crippen LogP contribution in [-0.4, -0.2) is 4.92 Å². The molecule has 100 valence electrons. The van der Waals surface area contributed by atoms with E-state index in [0.717, 1.165) is 17.7 Å². The van der Waals surface area contributed by atoms with E-state index in [4.69, 9.17) is 10.00 Å². The third kappa shape index (κ3) is 2.72. The molecule has 2 rings (SSSR count). The van der Waals surface area contributed by atoms with Gasteiger partial charge in [0.2, 0.25) is 5.82 Å². The summed E-state index contributed by atoms with van der Waals surface area (Å²) in [7, 11) is 0. The number of hydrogen-bond acceptors (Lipinski definition) is 4. The van der Waals surface area contributed by atoms with Gasteiger partial charge in [-0.2, -0.15) is 9.65 Å². The van der Waals surface area contributed by atoms with Gasteiger partial charge in [-0.1, -0.05) is 0 Å². The van der Waals surface area contributed by atoms with E-state index in [1.54, 1.807) is 25.1 Å². The highest BCUT2D eigenvalue weighted by Crippen LogP contribution is 2.27. The quantitative estimate of drug-likeness (QED) is 0.630. The molecule has 2 aromatic carbocycles. The van der Waals surface area contributed by atoms with E-state index in [-0.39, 0.29) is 5.75 Å². The number of nitro benzene ring substituents is 1. The summed E-state index contributed by atoms with van der Waals surface area (Å²) in [6.07, 6.45) is 0. The monoisotopic (exact) mass is 272 g/mol. The zero-order chi connectivity index (χ0) is 14.7. The second kappa shape index (κ2) is 5.36. The minimum absolute atomic E-state index is 0.150. The highest BCUT2D eigenvalue weighted by atomic mass is 19.1. The Balaban J connectivity index is 2.27. The van der Waals surface area contributed by atoms with Crippen molar-refractivity contribution >= 4 is 5.69 Å². The van der Waals surface area contributed by atoms with Crippen LogP contribution < -0.4 is 4.74 Å². The Morgan fingerprint density at radius 1 is 1.25 bits per heavy atom. The van der Waals surface area contributed by atoms with Crippen molar-refractivity contribution in [1.82, 2.24) is 0 Å². The summed E-state index contributed by atoms with van der Waals surface area (Å²) in [4.78, 5) is 9.70. The van der Waals surface area contributed by atoms with Crippen molar-refractivity contribution in [2.24, 2.45) is 0 Å². The number of hydrogen-bond donors (Lipinski definition) is 0. The first kappa shape index (κ1) is 13.5. The molecule has 0 saturated carbocycles. The van der Waals surface area contributed by atoms with E-state index < -0.39 is 16.4 Å². The molecular weight excluding hydrogens is 263 g/mol. The van der Waals surface area contributed by atoms with Crippen LogP contribution in [0.5, 0.6) is 11.5 Å². The van der Waals surface area contributed by atoms with Crippen molar-refractivity contribution in [3.63, 3.8) is 0 Å². The lowest BCUT2D eigenvalue weighted by molar-refractivity contribution is -0.387. The van der Waals surface area contributed by atoms with Crippen LogP contribution in [0.15, 0.2) is 36.4 Å². The Hall–Kier alpha value is -2.94. The molecule has 0 radical (unpaired) electrons. The van der Waals surface area contributed by atoms with E-state index in [9.17, 15) is 14.5 Å². The van der Waals surface area contributed by atoms with Gasteiger partial charge < -0.3 is 4.74 Å². The predicted molar refractivity (Wildman–Crippen MR) is 69.0 cm³/mol. The van der Waals surface area contributed by atoms with Crippen LogP contribution in [0.4, 0.5) is 10.1 Å². The summed E-state index contributed by atoms with van der Waals surface area (Å²) in [5.74, 6) is -0.384. The minimum Gasteiger partial charge on any atom is -0.457 e. The van der Waals surface area contributed by atoms with Gasteiger partial charge in [-0.25, -0.2) is 0 Å². The van der Waals surface area contributed by atoms with Gasteiger partial charge in [0.25, 0.3) is 0 Å². The van der Waals surface area contributed by atoms with E-state index in [0.29, 0.717) is 11.3 Å². The van der Waals surface area contributed by atoms with Crippen LogP contribution in [0, 0.1) is 34.2 Å².